The summed E-state index contributed by atoms with van der Waals surface area (Å²) in [7, 11) is 0. The van der Waals surface area contributed by atoms with E-state index in [0.717, 1.165) is 43.2 Å². The smallest absolute Gasteiger partial charge is 0.168 e. The van der Waals surface area contributed by atoms with Gasteiger partial charge in [0.25, 0.3) is 0 Å². The zero-order valence-electron chi connectivity index (χ0n) is 20.1. The van der Waals surface area contributed by atoms with Crippen molar-refractivity contribution >= 4 is 0 Å². The first-order chi connectivity index (χ1) is 15.9. The van der Waals surface area contributed by atoms with Gasteiger partial charge < -0.3 is 15.2 Å². The van der Waals surface area contributed by atoms with E-state index in [0.29, 0.717) is 23.7 Å². The Morgan fingerprint density at radius 1 is 1.21 bits per heavy atom. The van der Waals surface area contributed by atoms with Gasteiger partial charge in [-0.1, -0.05) is 49.6 Å². The van der Waals surface area contributed by atoms with Crippen LogP contribution in [0.4, 0.5) is 4.39 Å². The van der Waals surface area contributed by atoms with Crippen LogP contribution in [0.3, 0.4) is 0 Å². The molecule has 2 aliphatic carbocycles. The summed E-state index contributed by atoms with van der Waals surface area (Å²) in [4.78, 5) is 0. The van der Waals surface area contributed by atoms with E-state index in [1.54, 1.807) is 0 Å². The molecular formula is C29H38FNO2. The van der Waals surface area contributed by atoms with E-state index in [9.17, 15) is 5.11 Å². The first-order valence-corrected chi connectivity index (χ1v) is 12.5. The third-order valence-electron chi connectivity index (χ3n) is 7.87. The second-order valence-corrected chi connectivity index (χ2v) is 10.1. The van der Waals surface area contributed by atoms with Gasteiger partial charge in [0.1, 0.15) is 5.76 Å². The molecule has 1 fully saturated rings. The Balaban J connectivity index is 1.48. The highest BCUT2D eigenvalue weighted by Crippen LogP contribution is 2.43. The van der Waals surface area contributed by atoms with Crippen molar-refractivity contribution in [1.29, 1.82) is 0 Å². The Labute approximate surface area is 198 Å². The highest BCUT2D eigenvalue weighted by atomic mass is 19.1. The van der Waals surface area contributed by atoms with Crippen LogP contribution in [-0.4, -0.2) is 23.8 Å². The number of hydrogen-bond donors (Lipinski definition) is 2. The van der Waals surface area contributed by atoms with Crippen LogP contribution in [0.2, 0.25) is 0 Å². The third kappa shape index (κ3) is 5.11. The van der Waals surface area contributed by atoms with Gasteiger partial charge in [0.15, 0.2) is 11.6 Å². The number of hydrogen-bond acceptors (Lipinski definition) is 3. The van der Waals surface area contributed by atoms with Gasteiger partial charge in [0.2, 0.25) is 0 Å². The lowest BCUT2D eigenvalue weighted by atomic mass is 9.67. The lowest BCUT2D eigenvalue weighted by Crippen LogP contribution is -2.53. The molecule has 3 atom stereocenters. The van der Waals surface area contributed by atoms with E-state index in [1.165, 1.54) is 19.3 Å². The summed E-state index contributed by atoms with van der Waals surface area (Å²) in [6.45, 7) is 8.50. The molecular weight excluding hydrogens is 413 g/mol. The second kappa shape index (κ2) is 10.3. The van der Waals surface area contributed by atoms with Crippen molar-refractivity contribution in [1.82, 2.24) is 5.32 Å². The Hall–Kier alpha value is -2.33. The van der Waals surface area contributed by atoms with Crippen LogP contribution in [-0.2, 0) is 6.42 Å². The Kier molecular flexibility index (Phi) is 7.43. The van der Waals surface area contributed by atoms with Gasteiger partial charge in [-0.05, 0) is 74.8 Å². The zero-order chi connectivity index (χ0) is 23.4. The minimum atomic E-state index is -0.258. The quantitative estimate of drug-likeness (QED) is 0.448. The molecule has 4 rings (SSSR count). The van der Waals surface area contributed by atoms with Crippen molar-refractivity contribution in [3.05, 3.63) is 77.4 Å². The Morgan fingerprint density at radius 3 is 2.70 bits per heavy atom. The maximum atomic E-state index is 15.3. The van der Waals surface area contributed by atoms with Crippen LogP contribution in [0.1, 0.15) is 61.6 Å². The van der Waals surface area contributed by atoms with Crippen molar-refractivity contribution in [2.24, 2.45) is 11.3 Å². The predicted molar refractivity (Wildman–Crippen MR) is 133 cm³/mol. The number of aryl methyl sites for hydroxylation is 1. The van der Waals surface area contributed by atoms with Gasteiger partial charge in [-0.25, -0.2) is 4.39 Å². The molecule has 1 aliphatic heterocycles. The fourth-order valence-corrected chi connectivity index (χ4v) is 5.77. The summed E-state index contributed by atoms with van der Waals surface area (Å²) < 4.78 is 21.1. The fourth-order valence-electron chi connectivity index (χ4n) is 5.77. The number of halogens is 1. The average Bonchev–Trinajstić information content (AvgIpc) is 2.85. The van der Waals surface area contributed by atoms with Crippen LogP contribution in [0, 0.1) is 31.0 Å². The zero-order valence-corrected chi connectivity index (χ0v) is 20.1. The van der Waals surface area contributed by atoms with E-state index in [1.807, 2.05) is 38.1 Å². The standard InChI is InChI=1S/C29H38FNO2/c1-4-29(15-9-6-10-16-29)28-25(32)14-13-23(31-28)18-24-20(2)17-26(27(30)21(24)3)33-19-22-11-7-5-8-12-22/h4-5,7-8,11,14,17,22-23,28,31-32H,1,6,9-10,12-13,15-16,18-19H2,2-3H3. The van der Waals surface area contributed by atoms with Gasteiger partial charge in [0.05, 0.1) is 12.6 Å². The van der Waals surface area contributed by atoms with Crippen LogP contribution in [0.5, 0.6) is 5.75 Å². The van der Waals surface area contributed by atoms with Gasteiger partial charge in [-0.15, -0.1) is 6.58 Å². The molecule has 33 heavy (non-hydrogen) atoms. The molecule has 3 aliphatic rings. The number of benzene rings is 1. The van der Waals surface area contributed by atoms with E-state index in [4.69, 9.17) is 4.74 Å². The van der Waals surface area contributed by atoms with Gasteiger partial charge in [-0.3, -0.25) is 0 Å². The van der Waals surface area contributed by atoms with E-state index in [2.05, 4.69) is 30.1 Å². The summed E-state index contributed by atoms with van der Waals surface area (Å²) >= 11 is 0. The highest BCUT2D eigenvalue weighted by Gasteiger charge is 2.41. The molecule has 178 valence electrons. The number of allylic oxidation sites excluding steroid dienone is 3. The first kappa shape index (κ1) is 23.8. The van der Waals surface area contributed by atoms with E-state index < -0.39 is 0 Å². The number of rotatable bonds is 7. The maximum Gasteiger partial charge on any atom is 0.168 e. The van der Waals surface area contributed by atoms with Crippen molar-refractivity contribution in [2.45, 2.75) is 77.3 Å². The monoisotopic (exact) mass is 451 g/mol. The molecule has 1 aromatic carbocycles. The minimum absolute atomic E-state index is 0.104. The second-order valence-electron chi connectivity index (χ2n) is 10.1. The summed E-state index contributed by atoms with van der Waals surface area (Å²) in [6.07, 6.45) is 20.3. The molecule has 1 aromatic rings. The van der Waals surface area contributed by atoms with Crippen LogP contribution < -0.4 is 10.1 Å². The van der Waals surface area contributed by atoms with Gasteiger partial charge in [0, 0.05) is 17.4 Å². The molecule has 0 amide bonds. The summed E-state index contributed by atoms with van der Waals surface area (Å²) in [5, 5.41) is 14.4. The minimum Gasteiger partial charge on any atom is -0.511 e. The average molecular weight is 452 g/mol. The molecule has 1 saturated carbocycles. The molecule has 0 bridgehead atoms. The summed E-state index contributed by atoms with van der Waals surface area (Å²) in [5.74, 6) is 0.806. The van der Waals surface area contributed by atoms with Crippen molar-refractivity contribution in [2.75, 3.05) is 6.61 Å². The molecule has 2 N–H and O–H groups in total. The molecule has 3 unspecified atom stereocenters. The largest absolute Gasteiger partial charge is 0.511 e. The normalized spacial score (nSPS) is 26.6. The van der Waals surface area contributed by atoms with E-state index >= 15 is 4.39 Å². The van der Waals surface area contributed by atoms with Crippen LogP contribution >= 0.6 is 0 Å². The van der Waals surface area contributed by atoms with Crippen LogP contribution in [0.25, 0.3) is 0 Å². The Morgan fingerprint density at radius 2 is 2.00 bits per heavy atom. The highest BCUT2D eigenvalue weighted by molar-refractivity contribution is 5.43. The van der Waals surface area contributed by atoms with Crippen molar-refractivity contribution in [3.8, 4) is 5.75 Å². The molecule has 0 spiro atoms. The summed E-state index contributed by atoms with van der Waals surface area (Å²) in [6, 6.07) is 1.88. The van der Waals surface area contributed by atoms with E-state index in [-0.39, 0.29) is 29.2 Å². The molecule has 0 radical (unpaired) electrons. The molecule has 0 saturated heterocycles. The number of ether oxygens (including phenoxy) is 1. The predicted octanol–water partition coefficient (Wildman–Crippen LogP) is 6.81. The maximum absolute atomic E-state index is 15.3. The van der Waals surface area contributed by atoms with Crippen molar-refractivity contribution < 1.29 is 14.2 Å². The Bertz CT molecular complexity index is 955. The summed E-state index contributed by atoms with van der Waals surface area (Å²) in [5.41, 5.74) is 2.64. The van der Waals surface area contributed by atoms with Crippen molar-refractivity contribution in [3.63, 3.8) is 0 Å². The van der Waals surface area contributed by atoms with Crippen LogP contribution in [0.15, 0.2) is 54.9 Å². The molecule has 1 heterocycles. The van der Waals surface area contributed by atoms with Gasteiger partial charge >= 0.3 is 0 Å². The SMILES string of the molecule is C=CC1(C2NC(Cc3c(C)cc(OCC4C=CC=CC4)c(F)c3C)CC=C2O)CCCCC1. The van der Waals surface area contributed by atoms with Gasteiger partial charge in [-0.2, -0.15) is 0 Å². The topological polar surface area (TPSA) is 41.5 Å². The molecule has 3 nitrogen and oxygen atoms in total. The molecule has 0 aromatic heterocycles. The third-order valence-corrected chi connectivity index (χ3v) is 7.87. The lowest BCUT2D eigenvalue weighted by Gasteiger charge is -2.44. The number of aliphatic hydroxyl groups excluding tert-OH is 1. The first-order valence-electron chi connectivity index (χ1n) is 12.5. The fraction of sp³-hybridized carbons (Fsp3) is 0.517. The number of nitrogens with one attached hydrogen (secondary N) is 1. The molecule has 4 heteroatoms. The lowest BCUT2D eigenvalue weighted by molar-refractivity contribution is 0.144. The number of aliphatic hydroxyl groups is 1.